The fourth-order valence-electron chi connectivity index (χ4n) is 4.61. The number of aryl methyl sites for hydroxylation is 1. The number of fused-ring (bicyclic) bond motifs is 2. The number of amides is 1. The fraction of sp³-hybridized carbons (Fsp3) is 0.103. The number of benzene rings is 3. The molecular weight excluding hydrogens is 500 g/mol. The minimum absolute atomic E-state index is 0.0624. The molecule has 2 aliphatic rings. The number of hydrogen-bond acceptors (Lipinski definition) is 5. The van der Waals surface area contributed by atoms with Crippen LogP contribution in [-0.4, -0.2) is 31.2 Å². The molecule has 2 heterocycles. The van der Waals surface area contributed by atoms with E-state index in [0.29, 0.717) is 29.7 Å². The molecule has 0 saturated carbocycles. The normalized spacial score (nSPS) is 15.2. The van der Waals surface area contributed by atoms with Crippen LogP contribution in [0.15, 0.2) is 113 Å². The van der Waals surface area contributed by atoms with Gasteiger partial charge in [-0.15, -0.1) is 0 Å². The third kappa shape index (κ3) is 4.89. The predicted octanol–water partition coefficient (Wildman–Crippen LogP) is 3.67. The van der Waals surface area contributed by atoms with Crippen LogP contribution in [0.2, 0.25) is 0 Å². The van der Waals surface area contributed by atoms with Gasteiger partial charge in [0.05, 0.1) is 11.4 Å². The van der Waals surface area contributed by atoms with Crippen LogP contribution in [0.3, 0.4) is 0 Å². The topological polar surface area (TPSA) is 140 Å². The van der Waals surface area contributed by atoms with Crippen molar-refractivity contribution >= 4 is 27.3 Å². The van der Waals surface area contributed by atoms with E-state index < -0.39 is 22.0 Å². The molecule has 8 nitrogen and oxygen atoms in total. The summed E-state index contributed by atoms with van der Waals surface area (Å²) in [5.74, 6) is -0.154. The lowest BCUT2D eigenvalue weighted by Gasteiger charge is -2.43. The number of carbonyl (C=O) groups is 1. The van der Waals surface area contributed by atoms with Crippen LogP contribution in [0, 0.1) is 5.41 Å². The number of nitrogens with one attached hydrogen (secondary N) is 1. The minimum Gasteiger partial charge on any atom is -0.481 e. The van der Waals surface area contributed by atoms with Gasteiger partial charge < -0.3 is 10.5 Å². The molecule has 1 unspecified atom stereocenters. The van der Waals surface area contributed by atoms with Gasteiger partial charge in [-0.2, -0.15) is 0 Å². The summed E-state index contributed by atoms with van der Waals surface area (Å²) in [6.45, 7) is 0. The van der Waals surface area contributed by atoms with E-state index in [0.717, 1.165) is 11.1 Å². The Kier molecular flexibility index (Phi) is 6.71. The monoisotopic (exact) mass is 526 g/mol. The van der Waals surface area contributed by atoms with Crippen molar-refractivity contribution in [3.63, 3.8) is 0 Å². The molecule has 5 N–H and O–H groups in total. The first kappa shape index (κ1) is 25.2. The number of hydrogen-bond donors (Lipinski definition) is 3. The first-order chi connectivity index (χ1) is 18.2. The summed E-state index contributed by atoms with van der Waals surface area (Å²) < 4.78 is 31.2. The van der Waals surface area contributed by atoms with Crippen LogP contribution in [-0.2, 0) is 21.2 Å². The van der Waals surface area contributed by atoms with Gasteiger partial charge in [0.25, 0.3) is 5.91 Å². The molecule has 9 heteroatoms. The summed E-state index contributed by atoms with van der Waals surface area (Å²) in [6.07, 6.45) is 3.32. The Hall–Kier alpha value is -4.47. The first-order valence-corrected chi connectivity index (χ1v) is 13.5. The molecule has 1 atom stereocenters. The first-order valence-electron chi connectivity index (χ1n) is 12.0. The average Bonchev–Trinajstić information content (AvgIpc) is 2.91. The van der Waals surface area contributed by atoms with Crippen LogP contribution < -0.4 is 15.6 Å². The number of sulfonamides is 1. The van der Waals surface area contributed by atoms with Crippen molar-refractivity contribution in [1.82, 2.24) is 4.90 Å². The van der Waals surface area contributed by atoms with E-state index in [1.54, 1.807) is 36.4 Å². The molecule has 192 valence electrons. The maximum absolute atomic E-state index is 14.0. The van der Waals surface area contributed by atoms with Crippen LogP contribution in [0.4, 0.5) is 0 Å². The summed E-state index contributed by atoms with van der Waals surface area (Å²) >= 11 is 0. The molecule has 0 saturated heterocycles. The van der Waals surface area contributed by atoms with Gasteiger partial charge in [-0.3, -0.25) is 15.1 Å². The smallest absolute Gasteiger partial charge is 0.272 e. The van der Waals surface area contributed by atoms with Crippen molar-refractivity contribution in [3.8, 4) is 5.75 Å². The number of carbonyl (C=O) groups excluding carboxylic acids is 1. The van der Waals surface area contributed by atoms with Crippen LogP contribution in [0.1, 0.15) is 23.1 Å². The van der Waals surface area contributed by atoms with E-state index in [9.17, 15) is 13.2 Å². The molecule has 5 rings (SSSR count). The molecule has 0 fully saturated rings. The molecule has 0 spiro atoms. The fourth-order valence-corrected chi connectivity index (χ4v) is 5.53. The van der Waals surface area contributed by atoms with Gasteiger partial charge in [-0.1, -0.05) is 78.9 Å². The Morgan fingerprint density at radius 3 is 2.29 bits per heavy atom. The second-order valence-corrected chi connectivity index (χ2v) is 10.5. The van der Waals surface area contributed by atoms with E-state index in [-0.39, 0.29) is 22.1 Å². The Labute approximate surface area is 221 Å². The summed E-state index contributed by atoms with van der Waals surface area (Å²) in [5, 5.41) is 13.3. The zero-order valence-corrected chi connectivity index (χ0v) is 21.2. The molecular formula is C29H26N4O4S. The van der Waals surface area contributed by atoms with E-state index in [4.69, 9.17) is 21.0 Å². The molecule has 0 radical (unpaired) electrons. The number of nitrogen functional groups attached to an aromatic ring is 1. The standard InChI is InChI=1S/C29H26N4O4S/c30-28(31)21-12-7-13-22(18-21)37-25(17-14-19-8-3-1-4-9-19)29(34)33-24-16-15-23(20-10-5-2-6-11-20)26(33)27(24)38(32,35)36/h1-13,15-16,18,25H,14,17H2,(H3,30,31)(H2,32,35,36). The lowest BCUT2D eigenvalue weighted by Crippen LogP contribution is -2.50. The van der Waals surface area contributed by atoms with Gasteiger partial charge in [0.2, 0.25) is 10.0 Å². The Bertz CT molecular complexity index is 1610. The summed E-state index contributed by atoms with van der Waals surface area (Å²) in [4.78, 5) is 15.3. The maximum Gasteiger partial charge on any atom is 0.272 e. The minimum atomic E-state index is -4.09. The third-order valence-electron chi connectivity index (χ3n) is 6.40. The van der Waals surface area contributed by atoms with E-state index in [1.807, 2.05) is 60.7 Å². The molecule has 2 aliphatic heterocycles. The number of primary sulfonamides is 1. The van der Waals surface area contributed by atoms with Crippen molar-refractivity contribution in [2.75, 3.05) is 0 Å². The number of allylic oxidation sites excluding steroid dienone is 3. The summed E-state index contributed by atoms with van der Waals surface area (Å²) in [7, 11) is -4.09. The van der Waals surface area contributed by atoms with E-state index >= 15 is 0 Å². The Balaban J connectivity index is 1.50. The Morgan fingerprint density at radius 2 is 1.63 bits per heavy atom. The largest absolute Gasteiger partial charge is 0.481 e. The van der Waals surface area contributed by atoms with Crippen molar-refractivity contribution in [2.24, 2.45) is 10.9 Å². The third-order valence-corrected chi connectivity index (χ3v) is 7.37. The van der Waals surface area contributed by atoms with Gasteiger partial charge in [-0.25, -0.2) is 13.6 Å². The van der Waals surface area contributed by atoms with Crippen LogP contribution in [0.5, 0.6) is 5.75 Å². The lowest BCUT2D eigenvalue weighted by atomic mass is 9.90. The SMILES string of the molecule is N=C(N)c1cccc(OC(CCc2ccccc2)C(=O)N2c3ccc(-c4ccccc4)c2c3S(N)(=O)=O)c1. The lowest BCUT2D eigenvalue weighted by molar-refractivity contribution is -0.135. The van der Waals surface area contributed by atoms with Gasteiger partial charge in [0, 0.05) is 11.1 Å². The second-order valence-electron chi connectivity index (χ2n) is 8.97. The molecule has 1 amide bonds. The highest BCUT2D eigenvalue weighted by Crippen LogP contribution is 2.48. The number of nitrogens with two attached hydrogens (primary N) is 2. The van der Waals surface area contributed by atoms with Crippen molar-refractivity contribution in [2.45, 2.75) is 18.9 Å². The molecule has 38 heavy (non-hydrogen) atoms. The quantitative estimate of drug-likeness (QED) is 0.288. The van der Waals surface area contributed by atoms with Gasteiger partial charge in [-0.05, 0) is 42.2 Å². The predicted molar refractivity (Wildman–Crippen MR) is 146 cm³/mol. The number of nitrogens with zero attached hydrogens (tertiary/aromatic N) is 1. The van der Waals surface area contributed by atoms with Gasteiger partial charge in [0.1, 0.15) is 16.5 Å². The second kappa shape index (κ2) is 10.1. The number of ether oxygens (including phenoxy) is 1. The van der Waals surface area contributed by atoms with E-state index in [1.165, 1.54) is 4.90 Å². The molecule has 3 aromatic rings. The molecule has 2 bridgehead atoms. The van der Waals surface area contributed by atoms with Gasteiger partial charge >= 0.3 is 0 Å². The van der Waals surface area contributed by atoms with Crippen molar-refractivity contribution < 1.29 is 17.9 Å². The molecule has 0 aliphatic carbocycles. The zero-order valence-electron chi connectivity index (χ0n) is 20.4. The highest BCUT2D eigenvalue weighted by Gasteiger charge is 2.47. The molecule has 0 aromatic heterocycles. The maximum atomic E-state index is 14.0. The summed E-state index contributed by atoms with van der Waals surface area (Å²) in [6, 6.07) is 25.6. The van der Waals surface area contributed by atoms with Crippen molar-refractivity contribution in [1.29, 1.82) is 5.41 Å². The van der Waals surface area contributed by atoms with Crippen LogP contribution >= 0.6 is 0 Å². The number of amidine groups is 1. The number of rotatable bonds is 9. The molecule has 3 aromatic carbocycles. The van der Waals surface area contributed by atoms with E-state index in [2.05, 4.69) is 0 Å². The zero-order chi connectivity index (χ0) is 26.9. The average molecular weight is 527 g/mol. The highest BCUT2D eigenvalue weighted by molar-refractivity contribution is 7.93. The summed E-state index contributed by atoms with van der Waals surface area (Å²) in [5.41, 5.74) is 8.94. The highest BCUT2D eigenvalue weighted by atomic mass is 32.2. The van der Waals surface area contributed by atoms with Crippen molar-refractivity contribution in [3.05, 3.63) is 130 Å². The van der Waals surface area contributed by atoms with Gasteiger partial charge in [0.15, 0.2) is 6.10 Å². The van der Waals surface area contributed by atoms with Crippen LogP contribution in [0.25, 0.3) is 5.57 Å². The Morgan fingerprint density at radius 1 is 0.947 bits per heavy atom.